The number of ether oxygens (including phenoxy) is 2. The molecular weight excluding hydrogens is 140 g/mol. The van der Waals surface area contributed by atoms with E-state index in [2.05, 4.69) is 6.08 Å². The summed E-state index contributed by atoms with van der Waals surface area (Å²) in [6.45, 7) is 2.73. The first-order chi connectivity index (χ1) is 5.36. The average molecular weight is 152 g/mol. The molecule has 0 aromatic rings. The number of hydrogen-bond donors (Lipinski definition) is 0. The minimum absolute atomic E-state index is 0.184. The fraction of sp³-hybridized carbons (Fsp3) is 0.556. The van der Waals surface area contributed by atoms with Crippen LogP contribution in [0.5, 0.6) is 0 Å². The Morgan fingerprint density at radius 3 is 3.36 bits per heavy atom. The minimum atomic E-state index is 0.184. The maximum Gasteiger partial charge on any atom is 0.125 e. The molecular formula is C9H12O2. The van der Waals surface area contributed by atoms with Gasteiger partial charge in [0.1, 0.15) is 18.5 Å². The van der Waals surface area contributed by atoms with Crippen molar-refractivity contribution in [2.75, 3.05) is 6.61 Å². The predicted octanol–water partition coefficient (Wildman–Crippen LogP) is 1.63. The van der Waals surface area contributed by atoms with E-state index >= 15 is 0 Å². The number of fused-ring (bicyclic) bond motifs is 1. The van der Waals surface area contributed by atoms with Crippen LogP contribution in [0.4, 0.5) is 0 Å². The van der Waals surface area contributed by atoms with Crippen molar-refractivity contribution in [3.8, 4) is 0 Å². The highest BCUT2D eigenvalue weighted by Gasteiger charge is 2.25. The Kier molecular flexibility index (Phi) is 1.70. The minimum Gasteiger partial charge on any atom is -0.492 e. The van der Waals surface area contributed by atoms with Gasteiger partial charge in [-0.3, -0.25) is 0 Å². The van der Waals surface area contributed by atoms with Crippen LogP contribution in [-0.4, -0.2) is 18.8 Å². The summed E-state index contributed by atoms with van der Waals surface area (Å²) in [6.07, 6.45) is 7.49. The summed E-state index contributed by atoms with van der Waals surface area (Å²) in [5.41, 5.74) is 0. The Hall–Kier alpha value is -0.760. The van der Waals surface area contributed by atoms with Crippen LogP contribution in [0.3, 0.4) is 0 Å². The zero-order valence-corrected chi connectivity index (χ0v) is 6.62. The van der Waals surface area contributed by atoms with Gasteiger partial charge in [-0.2, -0.15) is 0 Å². The molecule has 1 aliphatic carbocycles. The predicted molar refractivity (Wildman–Crippen MR) is 42.1 cm³/mol. The van der Waals surface area contributed by atoms with E-state index in [1.54, 1.807) is 0 Å². The Morgan fingerprint density at radius 1 is 1.55 bits per heavy atom. The van der Waals surface area contributed by atoms with E-state index in [0.29, 0.717) is 6.61 Å². The van der Waals surface area contributed by atoms with Crippen molar-refractivity contribution in [1.29, 1.82) is 0 Å². The summed E-state index contributed by atoms with van der Waals surface area (Å²) in [4.78, 5) is 0. The molecule has 1 heterocycles. The van der Waals surface area contributed by atoms with Gasteiger partial charge in [0, 0.05) is 0 Å². The molecule has 0 bridgehead atoms. The summed E-state index contributed by atoms with van der Waals surface area (Å²) in [7, 11) is 0. The highest BCUT2D eigenvalue weighted by molar-refractivity contribution is 5.18. The van der Waals surface area contributed by atoms with Gasteiger partial charge in [-0.15, -0.1) is 0 Å². The van der Waals surface area contributed by atoms with E-state index in [0.717, 1.165) is 12.2 Å². The lowest BCUT2D eigenvalue weighted by Gasteiger charge is -2.31. The summed E-state index contributed by atoms with van der Waals surface area (Å²) in [6, 6.07) is 0. The van der Waals surface area contributed by atoms with E-state index in [4.69, 9.17) is 9.47 Å². The normalized spacial score (nSPS) is 35.5. The maximum atomic E-state index is 5.65. The Labute approximate surface area is 66.5 Å². The van der Waals surface area contributed by atoms with Gasteiger partial charge in [-0.1, -0.05) is 12.2 Å². The fourth-order valence-corrected chi connectivity index (χ4v) is 1.39. The number of hydrogen-bond acceptors (Lipinski definition) is 2. The van der Waals surface area contributed by atoms with Crippen LogP contribution in [-0.2, 0) is 9.47 Å². The maximum absolute atomic E-state index is 5.65. The van der Waals surface area contributed by atoms with Gasteiger partial charge in [-0.05, 0) is 19.4 Å². The molecule has 0 N–H and O–H groups in total. The van der Waals surface area contributed by atoms with Crippen molar-refractivity contribution in [3.05, 3.63) is 24.0 Å². The molecule has 2 unspecified atom stereocenters. The van der Waals surface area contributed by atoms with Gasteiger partial charge in [-0.25, -0.2) is 0 Å². The smallest absolute Gasteiger partial charge is 0.125 e. The lowest BCUT2D eigenvalue weighted by Crippen LogP contribution is -2.33. The van der Waals surface area contributed by atoms with Gasteiger partial charge in [0.05, 0.1) is 6.10 Å². The zero-order chi connectivity index (χ0) is 7.68. The van der Waals surface area contributed by atoms with E-state index < -0.39 is 0 Å². The topological polar surface area (TPSA) is 18.5 Å². The van der Waals surface area contributed by atoms with E-state index in [1.807, 2.05) is 19.1 Å². The molecule has 0 radical (unpaired) electrons. The molecule has 0 aromatic heterocycles. The Bertz CT molecular complexity index is 206. The van der Waals surface area contributed by atoms with Crippen LogP contribution in [0.25, 0.3) is 0 Å². The molecule has 0 saturated carbocycles. The van der Waals surface area contributed by atoms with E-state index in [9.17, 15) is 0 Å². The van der Waals surface area contributed by atoms with Crippen molar-refractivity contribution in [2.24, 2.45) is 0 Å². The highest BCUT2D eigenvalue weighted by atomic mass is 16.6. The van der Waals surface area contributed by atoms with Crippen LogP contribution in [0, 0.1) is 0 Å². The van der Waals surface area contributed by atoms with Crippen molar-refractivity contribution < 1.29 is 9.47 Å². The van der Waals surface area contributed by atoms with Crippen molar-refractivity contribution >= 4 is 0 Å². The number of allylic oxidation sites excluding steroid dienone is 2. The molecule has 0 spiro atoms. The second kappa shape index (κ2) is 2.70. The zero-order valence-electron chi connectivity index (χ0n) is 6.62. The first-order valence-electron chi connectivity index (χ1n) is 4.01. The van der Waals surface area contributed by atoms with Gasteiger partial charge in [0.25, 0.3) is 0 Å². The highest BCUT2D eigenvalue weighted by Crippen LogP contribution is 2.23. The first kappa shape index (κ1) is 6.92. The Balaban J connectivity index is 2.11. The van der Waals surface area contributed by atoms with Gasteiger partial charge < -0.3 is 9.47 Å². The largest absolute Gasteiger partial charge is 0.492 e. The molecule has 1 saturated heterocycles. The summed E-state index contributed by atoms with van der Waals surface area (Å²) >= 11 is 0. The summed E-state index contributed by atoms with van der Waals surface area (Å²) in [5, 5.41) is 0. The van der Waals surface area contributed by atoms with Crippen LogP contribution in [0.15, 0.2) is 24.0 Å². The molecule has 2 atom stereocenters. The van der Waals surface area contributed by atoms with E-state index in [-0.39, 0.29) is 12.2 Å². The molecule has 2 heteroatoms. The van der Waals surface area contributed by atoms with Gasteiger partial charge in [0.15, 0.2) is 0 Å². The lowest BCUT2D eigenvalue weighted by molar-refractivity contribution is -0.0894. The second-order valence-electron chi connectivity index (χ2n) is 2.98. The van der Waals surface area contributed by atoms with Crippen LogP contribution < -0.4 is 0 Å². The molecule has 2 nitrogen and oxygen atoms in total. The molecule has 2 rings (SSSR count). The molecule has 11 heavy (non-hydrogen) atoms. The molecule has 60 valence electrons. The summed E-state index contributed by atoms with van der Waals surface area (Å²) in [5.74, 6) is 0.991. The lowest BCUT2D eigenvalue weighted by atomic mass is 10.1. The molecule has 0 amide bonds. The van der Waals surface area contributed by atoms with Crippen LogP contribution in [0.2, 0.25) is 0 Å². The number of rotatable bonds is 0. The van der Waals surface area contributed by atoms with Gasteiger partial charge in [0.2, 0.25) is 0 Å². The van der Waals surface area contributed by atoms with Crippen LogP contribution >= 0.6 is 0 Å². The fourth-order valence-electron chi connectivity index (χ4n) is 1.39. The SMILES string of the molecule is CC1COC2=CC=CCC2O1. The molecule has 1 fully saturated rings. The van der Waals surface area contributed by atoms with Crippen molar-refractivity contribution in [1.82, 2.24) is 0 Å². The monoisotopic (exact) mass is 152 g/mol. The van der Waals surface area contributed by atoms with Crippen LogP contribution in [0.1, 0.15) is 13.3 Å². The average Bonchev–Trinajstić information content (AvgIpc) is 2.04. The third kappa shape index (κ3) is 1.31. The summed E-state index contributed by atoms with van der Waals surface area (Å²) < 4.78 is 11.1. The molecule has 1 aliphatic heterocycles. The molecule has 2 aliphatic rings. The van der Waals surface area contributed by atoms with Crippen molar-refractivity contribution in [2.45, 2.75) is 25.6 Å². The second-order valence-corrected chi connectivity index (χ2v) is 2.98. The standard InChI is InChI=1S/C9H12O2/c1-7-6-10-8-4-2-3-5-9(8)11-7/h2-4,7,9H,5-6H2,1H3. The Morgan fingerprint density at radius 2 is 2.45 bits per heavy atom. The molecule has 0 aromatic carbocycles. The quantitative estimate of drug-likeness (QED) is 0.525. The third-order valence-electron chi connectivity index (χ3n) is 1.95. The van der Waals surface area contributed by atoms with E-state index in [1.165, 1.54) is 0 Å². The first-order valence-corrected chi connectivity index (χ1v) is 4.01. The third-order valence-corrected chi connectivity index (χ3v) is 1.95. The van der Waals surface area contributed by atoms with Crippen molar-refractivity contribution in [3.63, 3.8) is 0 Å². The van der Waals surface area contributed by atoms with Gasteiger partial charge >= 0.3 is 0 Å².